The van der Waals surface area contributed by atoms with Crippen molar-refractivity contribution < 1.29 is 32.6 Å². The van der Waals surface area contributed by atoms with Crippen LogP contribution in [0.4, 0.5) is 13.2 Å². The Morgan fingerprint density at radius 3 is 2.41 bits per heavy atom. The van der Waals surface area contributed by atoms with E-state index in [1.54, 1.807) is 30.3 Å². The molecule has 6 nitrogen and oxygen atoms in total. The number of rotatable bonds is 5. The Kier molecular flexibility index (Phi) is 6.10. The third-order valence-corrected chi connectivity index (χ3v) is 5.48. The summed E-state index contributed by atoms with van der Waals surface area (Å²) >= 11 is 0. The molecule has 0 saturated carbocycles. The number of aromatic nitrogens is 1. The molecule has 1 unspecified atom stereocenters. The van der Waals surface area contributed by atoms with Gasteiger partial charge in [0.25, 0.3) is 11.7 Å². The molecule has 2 aromatic carbocycles. The number of halogens is 3. The van der Waals surface area contributed by atoms with Gasteiger partial charge in [0.05, 0.1) is 23.9 Å². The van der Waals surface area contributed by atoms with E-state index < -0.39 is 35.2 Å². The quantitative estimate of drug-likeness (QED) is 0.333. The fourth-order valence-electron chi connectivity index (χ4n) is 3.84. The fourth-order valence-corrected chi connectivity index (χ4v) is 3.84. The lowest BCUT2D eigenvalue weighted by Crippen LogP contribution is -2.29. The highest BCUT2D eigenvalue weighted by molar-refractivity contribution is 6.46. The van der Waals surface area contributed by atoms with Crippen LogP contribution >= 0.6 is 0 Å². The first-order valence-electron chi connectivity index (χ1n) is 10.2. The number of alkyl halides is 3. The van der Waals surface area contributed by atoms with E-state index in [1.807, 2.05) is 0 Å². The zero-order valence-electron chi connectivity index (χ0n) is 17.9. The number of carbonyl (C=O) groups is 2. The first-order chi connectivity index (χ1) is 16.2. The van der Waals surface area contributed by atoms with Crippen LogP contribution in [0, 0.1) is 0 Å². The summed E-state index contributed by atoms with van der Waals surface area (Å²) in [4.78, 5) is 31.4. The topological polar surface area (TPSA) is 79.7 Å². The zero-order chi connectivity index (χ0) is 24.5. The van der Waals surface area contributed by atoms with Gasteiger partial charge in [0.1, 0.15) is 17.6 Å². The van der Waals surface area contributed by atoms with Crippen LogP contribution in [-0.2, 0) is 22.3 Å². The number of methoxy groups -OCH3 is 1. The predicted octanol–water partition coefficient (Wildman–Crippen LogP) is 4.73. The van der Waals surface area contributed by atoms with Gasteiger partial charge in [-0.1, -0.05) is 18.2 Å². The maximum atomic E-state index is 13.2. The second-order valence-electron chi connectivity index (χ2n) is 7.61. The summed E-state index contributed by atoms with van der Waals surface area (Å²) in [5, 5.41) is 11.0. The van der Waals surface area contributed by atoms with Crippen LogP contribution in [0.2, 0.25) is 0 Å². The molecule has 0 bridgehead atoms. The van der Waals surface area contributed by atoms with Crippen molar-refractivity contribution in [2.45, 2.75) is 18.8 Å². The second kappa shape index (κ2) is 9.01. The Hall–Kier alpha value is -4.14. The third kappa shape index (κ3) is 4.36. The molecule has 9 heteroatoms. The van der Waals surface area contributed by atoms with Crippen molar-refractivity contribution in [3.8, 4) is 5.75 Å². The minimum atomic E-state index is -4.56. The molecule has 1 amide bonds. The summed E-state index contributed by atoms with van der Waals surface area (Å²) in [5.41, 5.74) is -0.306. The molecular formula is C25H19F3N2O4. The van der Waals surface area contributed by atoms with Gasteiger partial charge in [0.15, 0.2) is 0 Å². The number of likely N-dealkylation sites (tertiary alicyclic amines) is 1. The Balaban J connectivity index is 1.81. The molecule has 174 valence electrons. The number of benzene rings is 2. The van der Waals surface area contributed by atoms with Gasteiger partial charge in [-0.05, 0) is 54.1 Å². The van der Waals surface area contributed by atoms with Gasteiger partial charge in [-0.25, -0.2) is 0 Å². The van der Waals surface area contributed by atoms with E-state index in [9.17, 15) is 27.9 Å². The van der Waals surface area contributed by atoms with Crippen molar-refractivity contribution >= 4 is 17.4 Å². The number of hydrogen-bond acceptors (Lipinski definition) is 5. The van der Waals surface area contributed by atoms with Crippen molar-refractivity contribution in [1.29, 1.82) is 0 Å². The molecule has 1 atom stereocenters. The average Bonchev–Trinajstić information content (AvgIpc) is 3.09. The lowest BCUT2D eigenvalue weighted by atomic mass is 9.98. The Morgan fingerprint density at radius 2 is 1.79 bits per heavy atom. The maximum absolute atomic E-state index is 13.2. The van der Waals surface area contributed by atoms with Gasteiger partial charge in [0.2, 0.25) is 0 Å². The van der Waals surface area contributed by atoms with Gasteiger partial charge in [-0.3, -0.25) is 14.6 Å². The number of pyridine rings is 1. The van der Waals surface area contributed by atoms with E-state index in [0.29, 0.717) is 11.4 Å². The number of Topliss-reactive ketones (excluding diaryl/α,β-unsaturated/α-hetero) is 1. The third-order valence-electron chi connectivity index (χ3n) is 5.48. The van der Waals surface area contributed by atoms with Crippen LogP contribution in [0.1, 0.15) is 28.4 Å². The van der Waals surface area contributed by atoms with Gasteiger partial charge in [0, 0.05) is 18.3 Å². The summed E-state index contributed by atoms with van der Waals surface area (Å²) in [7, 11) is 1.48. The second-order valence-corrected chi connectivity index (χ2v) is 7.61. The molecule has 34 heavy (non-hydrogen) atoms. The number of aliphatic hydroxyl groups is 1. The Labute approximate surface area is 192 Å². The molecule has 0 radical (unpaired) electrons. The largest absolute Gasteiger partial charge is 0.507 e. The molecule has 4 rings (SSSR count). The Morgan fingerprint density at radius 1 is 1.06 bits per heavy atom. The first-order valence-corrected chi connectivity index (χ1v) is 10.2. The minimum absolute atomic E-state index is 0.182. The van der Waals surface area contributed by atoms with E-state index in [1.165, 1.54) is 37.6 Å². The smallest absolute Gasteiger partial charge is 0.416 e. The number of aliphatic hydroxyl groups excluding tert-OH is 1. The monoisotopic (exact) mass is 468 g/mol. The van der Waals surface area contributed by atoms with Crippen LogP contribution < -0.4 is 4.74 Å². The van der Waals surface area contributed by atoms with E-state index in [2.05, 4.69) is 4.98 Å². The van der Waals surface area contributed by atoms with Crippen LogP contribution in [-0.4, -0.2) is 33.8 Å². The summed E-state index contributed by atoms with van der Waals surface area (Å²) in [6, 6.07) is 14.6. The molecule has 1 aromatic heterocycles. The molecular weight excluding hydrogens is 449 g/mol. The molecule has 3 aromatic rings. The molecule has 1 aliphatic heterocycles. The zero-order valence-corrected chi connectivity index (χ0v) is 17.9. The molecule has 1 N–H and O–H groups in total. The molecule has 1 aliphatic rings. The predicted molar refractivity (Wildman–Crippen MR) is 117 cm³/mol. The van der Waals surface area contributed by atoms with Crippen molar-refractivity contribution in [3.63, 3.8) is 0 Å². The number of ketones is 1. The van der Waals surface area contributed by atoms with Gasteiger partial charge in [-0.2, -0.15) is 13.2 Å². The van der Waals surface area contributed by atoms with Crippen molar-refractivity contribution in [2.24, 2.45) is 0 Å². The number of nitrogens with zero attached hydrogens (tertiary/aromatic N) is 2. The highest BCUT2D eigenvalue weighted by Crippen LogP contribution is 2.40. The highest BCUT2D eigenvalue weighted by atomic mass is 19.4. The summed E-state index contributed by atoms with van der Waals surface area (Å²) in [6.07, 6.45) is -3.09. The van der Waals surface area contributed by atoms with E-state index in [4.69, 9.17) is 4.74 Å². The van der Waals surface area contributed by atoms with Crippen molar-refractivity contribution in [2.75, 3.05) is 7.11 Å². The summed E-state index contributed by atoms with van der Waals surface area (Å²) < 4.78 is 44.6. The summed E-state index contributed by atoms with van der Waals surface area (Å²) in [6.45, 7) is -0.283. The molecule has 0 aliphatic carbocycles. The van der Waals surface area contributed by atoms with Crippen LogP contribution in [0.3, 0.4) is 0 Å². The van der Waals surface area contributed by atoms with Crippen molar-refractivity contribution in [3.05, 3.63) is 101 Å². The van der Waals surface area contributed by atoms with Gasteiger partial charge >= 0.3 is 6.18 Å². The number of ether oxygens (including phenoxy) is 1. The number of hydrogen-bond donors (Lipinski definition) is 1. The highest BCUT2D eigenvalue weighted by Gasteiger charge is 2.46. The standard InChI is InChI=1S/C25H19F3N2O4/c1-34-18-10-8-16(9-11-18)22(31)20-21(19-7-2-3-12-29-19)30(24(33)23(20)32)14-15-5-4-6-17(13-15)25(26,27)28/h2-13,21,31H,14H2,1H3/b22-20+. The Bertz CT molecular complexity index is 1260. The average molecular weight is 468 g/mol. The fraction of sp³-hybridized carbons (Fsp3) is 0.160. The van der Waals surface area contributed by atoms with Gasteiger partial charge < -0.3 is 14.7 Å². The van der Waals surface area contributed by atoms with Crippen LogP contribution in [0.25, 0.3) is 5.76 Å². The van der Waals surface area contributed by atoms with Crippen LogP contribution in [0.5, 0.6) is 5.75 Å². The summed E-state index contributed by atoms with van der Waals surface area (Å²) in [5.74, 6) is -1.77. The molecule has 1 fully saturated rings. The van der Waals surface area contributed by atoms with Gasteiger partial charge in [-0.15, -0.1) is 0 Å². The van der Waals surface area contributed by atoms with E-state index in [0.717, 1.165) is 17.0 Å². The van der Waals surface area contributed by atoms with Crippen LogP contribution in [0.15, 0.2) is 78.5 Å². The maximum Gasteiger partial charge on any atom is 0.416 e. The number of carbonyl (C=O) groups excluding carboxylic acids is 2. The normalized spacial score (nSPS) is 17.8. The lowest BCUT2D eigenvalue weighted by Gasteiger charge is -2.25. The molecule has 0 spiro atoms. The minimum Gasteiger partial charge on any atom is -0.507 e. The SMILES string of the molecule is COc1ccc(/C(O)=C2\C(=O)C(=O)N(Cc3cccc(C(F)(F)F)c3)C2c2ccccn2)cc1. The van der Waals surface area contributed by atoms with E-state index >= 15 is 0 Å². The molecule has 2 heterocycles. The lowest BCUT2D eigenvalue weighted by molar-refractivity contribution is -0.140. The molecule has 1 saturated heterocycles. The van der Waals surface area contributed by atoms with Crippen molar-refractivity contribution in [1.82, 2.24) is 9.88 Å². The number of amides is 1. The van der Waals surface area contributed by atoms with E-state index in [-0.39, 0.29) is 23.2 Å². The first kappa shape index (κ1) is 23.0.